The monoisotopic (exact) mass is 282 g/mol. The van der Waals surface area contributed by atoms with E-state index < -0.39 is 24.8 Å². The van der Waals surface area contributed by atoms with E-state index in [4.69, 9.17) is 0 Å². The SMILES string of the molecule is C[C@H](OCC(F)(F)F)C(=O)NCC(=O)N1CCCC1. The van der Waals surface area contributed by atoms with Gasteiger partial charge in [-0.1, -0.05) is 0 Å². The summed E-state index contributed by atoms with van der Waals surface area (Å²) in [5.41, 5.74) is 0. The van der Waals surface area contributed by atoms with Gasteiger partial charge >= 0.3 is 6.18 Å². The normalized spacial score (nSPS) is 17.4. The van der Waals surface area contributed by atoms with E-state index >= 15 is 0 Å². The minimum absolute atomic E-state index is 0.210. The van der Waals surface area contributed by atoms with Gasteiger partial charge in [0.05, 0.1) is 6.54 Å². The molecule has 0 bridgehead atoms. The molecule has 1 aliphatic rings. The van der Waals surface area contributed by atoms with Crippen molar-refractivity contribution in [3.8, 4) is 0 Å². The van der Waals surface area contributed by atoms with Gasteiger partial charge in [0.15, 0.2) is 0 Å². The number of hydrogen-bond donors (Lipinski definition) is 1. The van der Waals surface area contributed by atoms with E-state index in [1.165, 1.54) is 6.92 Å². The summed E-state index contributed by atoms with van der Waals surface area (Å²) in [7, 11) is 0. The molecule has 1 atom stereocenters. The van der Waals surface area contributed by atoms with Crippen LogP contribution in [0.2, 0.25) is 0 Å². The highest BCUT2D eigenvalue weighted by molar-refractivity contribution is 5.86. The second-order valence-electron chi connectivity index (χ2n) is 4.37. The van der Waals surface area contributed by atoms with Crippen LogP contribution in [0.25, 0.3) is 0 Å². The van der Waals surface area contributed by atoms with Gasteiger partial charge in [-0.15, -0.1) is 0 Å². The van der Waals surface area contributed by atoms with Gasteiger partial charge in [-0.05, 0) is 19.8 Å². The molecule has 0 aliphatic carbocycles. The van der Waals surface area contributed by atoms with E-state index in [0.29, 0.717) is 13.1 Å². The summed E-state index contributed by atoms with van der Waals surface area (Å²) in [6, 6.07) is 0. The molecule has 0 aromatic heterocycles. The van der Waals surface area contributed by atoms with Crippen molar-refractivity contribution in [3.63, 3.8) is 0 Å². The average Bonchev–Trinajstić information content (AvgIpc) is 2.85. The number of ether oxygens (including phenoxy) is 1. The highest BCUT2D eigenvalue weighted by Gasteiger charge is 2.30. The Morgan fingerprint density at radius 3 is 2.42 bits per heavy atom. The van der Waals surface area contributed by atoms with Gasteiger partial charge in [-0.25, -0.2) is 0 Å². The minimum Gasteiger partial charge on any atom is -0.359 e. The Morgan fingerprint density at radius 2 is 1.89 bits per heavy atom. The van der Waals surface area contributed by atoms with Crippen molar-refractivity contribution in [1.82, 2.24) is 10.2 Å². The van der Waals surface area contributed by atoms with E-state index in [9.17, 15) is 22.8 Å². The van der Waals surface area contributed by atoms with E-state index in [2.05, 4.69) is 10.1 Å². The minimum atomic E-state index is -4.47. The fraction of sp³-hybridized carbons (Fsp3) is 0.818. The lowest BCUT2D eigenvalue weighted by molar-refractivity contribution is -0.185. The number of hydrogen-bond acceptors (Lipinski definition) is 3. The predicted octanol–water partition coefficient (Wildman–Crippen LogP) is 0.692. The number of amides is 2. The zero-order valence-electron chi connectivity index (χ0n) is 10.6. The smallest absolute Gasteiger partial charge is 0.359 e. The Labute approximate surface area is 109 Å². The Morgan fingerprint density at radius 1 is 1.32 bits per heavy atom. The van der Waals surface area contributed by atoms with Crippen LogP contribution in [0.1, 0.15) is 19.8 Å². The number of alkyl halides is 3. The van der Waals surface area contributed by atoms with E-state index in [1.807, 2.05) is 0 Å². The molecule has 8 heteroatoms. The molecule has 1 rings (SSSR count). The van der Waals surface area contributed by atoms with E-state index in [-0.39, 0.29) is 12.5 Å². The molecule has 0 radical (unpaired) electrons. The first-order valence-corrected chi connectivity index (χ1v) is 6.03. The summed E-state index contributed by atoms with van der Waals surface area (Å²) < 4.78 is 40.0. The van der Waals surface area contributed by atoms with Crippen molar-refractivity contribution >= 4 is 11.8 Å². The molecule has 1 N–H and O–H groups in total. The van der Waals surface area contributed by atoms with Crippen molar-refractivity contribution < 1.29 is 27.5 Å². The van der Waals surface area contributed by atoms with Crippen LogP contribution in [0.4, 0.5) is 13.2 Å². The van der Waals surface area contributed by atoms with E-state index in [0.717, 1.165) is 12.8 Å². The molecular weight excluding hydrogens is 265 g/mol. The van der Waals surface area contributed by atoms with E-state index in [1.54, 1.807) is 4.90 Å². The third-order valence-corrected chi connectivity index (χ3v) is 2.74. The second-order valence-corrected chi connectivity index (χ2v) is 4.37. The zero-order valence-corrected chi connectivity index (χ0v) is 10.6. The highest BCUT2D eigenvalue weighted by atomic mass is 19.4. The largest absolute Gasteiger partial charge is 0.411 e. The first-order chi connectivity index (χ1) is 8.79. The maximum Gasteiger partial charge on any atom is 0.411 e. The molecule has 1 aliphatic heterocycles. The molecule has 0 saturated carbocycles. The molecule has 2 amide bonds. The summed E-state index contributed by atoms with van der Waals surface area (Å²) in [5, 5.41) is 2.27. The van der Waals surface area contributed by atoms with Gasteiger partial charge in [0.1, 0.15) is 12.7 Å². The molecule has 0 spiro atoms. The lowest BCUT2D eigenvalue weighted by Crippen LogP contribution is -2.43. The molecule has 1 fully saturated rings. The molecule has 1 heterocycles. The van der Waals surface area contributed by atoms with Gasteiger partial charge in [0.2, 0.25) is 11.8 Å². The van der Waals surface area contributed by atoms with Gasteiger partial charge in [0, 0.05) is 13.1 Å². The topological polar surface area (TPSA) is 58.6 Å². The number of nitrogens with zero attached hydrogens (tertiary/aromatic N) is 1. The van der Waals surface area contributed by atoms with Crippen molar-refractivity contribution in [2.24, 2.45) is 0 Å². The van der Waals surface area contributed by atoms with Crippen LogP contribution in [0, 0.1) is 0 Å². The number of halogens is 3. The predicted molar refractivity (Wildman–Crippen MR) is 60.3 cm³/mol. The van der Waals surface area contributed by atoms with Crippen LogP contribution in [0.5, 0.6) is 0 Å². The summed E-state index contributed by atoms with van der Waals surface area (Å²) in [6.07, 6.45) is -3.84. The molecule has 0 unspecified atom stereocenters. The summed E-state index contributed by atoms with van der Waals surface area (Å²) in [6.45, 7) is 0.839. The van der Waals surface area contributed by atoms with Crippen LogP contribution in [-0.2, 0) is 14.3 Å². The maximum atomic E-state index is 11.9. The van der Waals surface area contributed by atoms with Crippen LogP contribution in [0.3, 0.4) is 0 Å². The van der Waals surface area contributed by atoms with Gasteiger partial charge < -0.3 is 15.0 Å². The van der Waals surface area contributed by atoms with Gasteiger partial charge in [0.25, 0.3) is 0 Å². The zero-order chi connectivity index (χ0) is 14.5. The molecular formula is C11H17F3N2O3. The Kier molecular flexibility index (Phi) is 5.59. The number of nitrogens with one attached hydrogen (secondary N) is 1. The maximum absolute atomic E-state index is 11.9. The van der Waals surface area contributed by atoms with Gasteiger partial charge in [-0.3, -0.25) is 9.59 Å². The lowest BCUT2D eigenvalue weighted by Gasteiger charge is -2.17. The van der Waals surface area contributed by atoms with Gasteiger partial charge in [-0.2, -0.15) is 13.2 Å². The molecule has 1 saturated heterocycles. The third kappa shape index (κ3) is 5.91. The Bertz CT molecular complexity index is 328. The Balaban J connectivity index is 2.24. The standard InChI is InChI=1S/C11H17F3N2O3/c1-8(19-7-11(12,13)14)10(18)15-6-9(17)16-4-2-3-5-16/h8H,2-7H2,1H3,(H,15,18)/t8-/m0/s1. The number of likely N-dealkylation sites (tertiary alicyclic amines) is 1. The third-order valence-electron chi connectivity index (χ3n) is 2.74. The fourth-order valence-electron chi connectivity index (χ4n) is 1.68. The number of carbonyl (C=O) groups excluding carboxylic acids is 2. The first kappa shape index (κ1) is 15.7. The number of carbonyl (C=O) groups is 2. The quantitative estimate of drug-likeness (QED) is 0.807. The fourth-order valence-corrected chi connectivity index (χ4v) is 1.68. The summed E-state index contributed by atoms with van der Waals surface area (Å²) in [4.78, 5) is 24.6. The molecule has 19 heavy (non-hydrogen) atoms. The van der Waals surface area contributed by atoms with Crippen LogP contribution >= 0.6 is 0 Å². The Hall–Kier alpha value is -1.31. The van der Waals surface area contributed by atoms with Crippen LogP contribution < -0.4 is 5.32 Å². The van der Waals surface area contributed by atoms with Crippen molar-refractivity contribution in [3.05, 3.63) is 0 Å². The molecule has 0 aromatic rings. The highest BCUT2D eigenvalue weighted by Crippen LogP contribution is 2.15. The number of rotatable bonds is 5. The van der Waals surface area contributed by atoms with Crippen LogP contribution in [0.15, 0.2) is 0 Å². The van der Waals surface area contributed by atoms with Crippen molar-refractivity contribution in [2.75, 3.05) is 26.2 Å². The van der Waals surface area contributed by atoms with Crippen molar-refractivity contribution in [1.29, 1.82) is 0 Å². The summed E-state index contributed by atoms with van der Waals surface area (Å²) >= 11 is 0. The molecule has 110 valence electrons. The first-order valence-electron chi connectivity index (χ1n) is 6.03. The molecule has 0 aromatic carbocycles. The van der Waals surface area contributed by atoms with Crippen molar-refractivity contribution in [2.45, 2.75) is 32.0 Å². The second kappa shape index (κ2) is 6.74. The lowest BCUT2D eigenvalue weighted by atomic mass is 10.3. The average molecular weight is 282 g/mol. The summed E-state index contributed by atoms with van der Waals surface area (Å²) in [5.74, 6) is -0.953. The molecule has 5 nitrogen and oxygen atoms in total. The van der Waals surface area contributed by atoms with Crippen LogP contribution in [-0.4, -0.2) is 55.2 Å².